The Morgan fingerprint density at radius 1 is 1.50 bits per heavy atom. The summed E-state index contributed by atoms with van der Waals surface area (Å²) < 4.78 is 0. The van der Waals surface area contributed by atoms with E-state index in [1.54, 1.807) is 0 Å². The van der Waals surface area contributed by atoms with E-state index < -0.39 is 0 Å². The summed E-state index contributed by atoms with van der Waals surface area (Å²) in [6.07, 6.45) is 2.91. The molecule has 0 saturated carbocycles. The van der Waals surface area contributed by atoms with E-state index in [0.717, 1.165) is 13.0 Å². The minimum atomic E-state index is 0.347. The van der Waals surface area contributed by atoms with Gasteiger partial charge < -0.3 is 15.6 Å². The Labute approximate surface area is 93.9 Å². The third-order valence-electron chi connectivity index (χ3n) is 2.61. The zero-order valence-corrected chi connectivity index (χ0v) is 9.49. The molecule has 6 nitrogen and oxygen atoms in total. The smallest absolute Gasteiger partial charge is 0.246 e. The van der Waals surface area contributed by atoms with Gasteiger partial charge in [-0.1, -0.05) is 0 Å². The number of aryl methyl sites for hydroxylation is 1. The molecule has 4 N–H and O–H groups in total. The van der Waals surface area contributed by atoms with Crippen LogP contribution in [0.25, 0.3) is 0 Å². The molecule has 0 atom stereocenters. The quantitative estimate of drug-likeness (QED) is 0.708. The molecule has 0 saturated heterocycles. The Morgan fingerprint density at radius 2 is 2.31 bits per heavy atom. The summed E-state index contributed by atoms with van der Waals surface area (Å²) in [5, 5.41) is 6.62. The zero-order valence-electron chi connectivity index (χ0n) is 9.49. The van der Waals surface area contributed by atoms with Gasteiger partial charge in [-0.25, -0.2) is 5.10 Å². The predicted molar refractivity (Wildman–Crippen MR) is 63.3 cm³/mol. The molecule has 0 amide bonds. The van der Waals surface area contributed by atoms with Crippen molar-refractivity contribution >= 4 is 11.9 Å². The highest BCUT2D eigenvalue weighted by Crippen LogP contribution is 2.09. The van der Waals surface area contributed by atoms with Gasteiger partial charge in [-0.15, -0.1) is 5.10 Å². The first-order valence-electron chi connectivity index (χ1n) is 5.18. The first-order valence-corrected chi connectivity index (χ1v) is 5.18. The number of nitrogens with zero attached hydrogens (tertiary/aromatic N) is 3. The molecule has 0 aliphatic rings. The van der Waals surface area contributed by atoms with Crippen molar-refractivity contribution < 1.29 is 0 Å². The van der Waals surface area contributed by atoms with Gasteiger partial charge in [0.15, 0.2) is 0 Å². The van der Waals surface area contributed by atoms with E-state index in [1.165, 1.54) is 11.3 Å². The van der Waals surface area contributed by atoms with E-state index in [-0.39, 0.29) is 0 Å². The lowest BCUT2D eigenvalue weighted by Gasteiger charge is -2.13. The van der Waals surface area contributed by atoms with Gasteiger partial charge in [-0.2, -0.15) is 4.98 Å². The summed E-state index contributed by atoms with van der Waals surface area (Å²) in [5.41, 5.74) is 8.00. The van der Waals surface area contributed by atoms with Crippen LogP contribution in [0.1, 0.15) is 11.3 Å². The lowest BCUT2D eigenvalue weighted by molar-refractivity contribution is 0.837. The number of H-pyrrole nitrogens is 2. The number of nitrogen functional groups attached to an aromatic ring is 1. The Balaban J connectivity index is 1.93. The Hall–Kier alpha value is -1.98. The van der Waals surface area contributed by atoms with Crippen molar-refractivity contribution in [2.45, 2.75) is 13.3 Å². The molecule has 6 heteroatoms. The summed E-state index contributed by atoms with van der Waals surface area (Å²) >= 11 is 0. The van der Waals surface area contributed by atoms with Crippen LogP contribution in [0.4, 0.5) is 11.9 Å². The van der Waals surface area contributed by atoms with Crippen LogP contribution in [0.3, 0.4) is 0 Å². The maximum Gasteiger partial charge on any atom is 0.246 e. The summed E-state index contributed by atoms with van der Waals surface area (Å²) in [4.78, 5) is 9.19. The van der Waals surface area contributed by atoms with Gasteiger partial charge in [0.1, 0.15) is 0 Å². The lowest BCUT2D eigenvalue weighted by Crippen LogP contribution is -2.21. The number of likely N-dealkylation sites (N-methyl/N-ethyl adjacent to an activating group) is 1. The van der Waals surface area contributed by atoms with Gasteiger partial charge >= 0.3 is 0 Å². The fourth-order valence-electron chi connectivity index (χ4n) is 1.58. The monoisotopic (exact) mass is 220 g/mol. The van der Waals surface area contributed by atoms with Crippen LogP contribution in [-0.2, 0) is 6.42 Å². The SMILES string of the molecule is Cc1[nH]ccc1CCN(C)c1n[nH]c(N)n1. The van der Waals surface area contributed by atoms with Crippen molar-refractivity contribution in [1.82, 2.24) is 20.2 Å². The van der Waals surface area contributed by atoms with E-state index in [4.69, 9.17) is 5.73 Å². The highest BCUT2D eigenvalue weighted by Gasteiger charge is 2.07. The van der Waals surface area contributed by atoms with E-state index in [0.29, 0.717) is 11.9 Å². The third-order valence-corrected chi connectivity index (χ3v) is 2.61. The number of nitrogens with one attached hydrogen (secondary N) is 2. The van der Waals surface area contributed by atoms with Crippen molar-refractivity contribution in [1.29, 1.82) is 0 Å². The number of nitrogens with two attached hydrogens (primary N) is 1. The average Bonchev–Trinajstić information content (AvgIpc) is 2.84. The molecule has 0 aliphatic carbocycles. The van der Waals surface area contributed by atoms with Gasteiger partial charge in [0, 0.05) is 25.5 Å². The average molecular weight is 220 g/mol. The fraction of sp³-hybridized carbons (Fsp3) is 0.400. The second-order valence-corrected chi connectivity index (χ2v) is 3.82. The third kappa shape index (κ3) is 2.16. The highest BCUT2D eigenvalue weighted by molar-refractivity contribution is 5.33. The van der Waals surface area contributed by atoms with Crippen LogP contribution in [-0.4, -0.2) is 33.8 Å². The lowest BCUT2D eigenvalue weighted by atomic mass is 10.2. The van der Waals surface area contributed by atoms with E-state index >= 15 is 0 Å². The molecule has 2 rings (SSSR count). The molecule has 16 heavy (non-hydrogen) atoms. The molecule has 0 aromatic carbocycles. The number of hydrogen-bond donors (Lipinski definition) is 3. The van der Waals surface area contributed by atoms with Crippen LogP contribution in [0.5, 0.6) is 0 Å². The van der Waals surface area contributed by atoms with Crippen LogP contribution >= 0.6 is 0 Å². The number of aromatic amines is 2. The first kappa shape index (κ1) is 10.5. The minimum absolute atomic E-state index is 0.347. The van der Waals surface area contributed by atoms with E-state index in [2.05, 4.69) is 33.2 Å². The van der Waals surface area contributed by atoms with Crippen molar-refractivity contribution in [2.24, 2.45) is 0 Å². The van der Waals surface area contributed by atoms with Crippen LogP contribution in [0.2, 0.25) is 0 Å². The zero-order chi connectivity index (χ0) is 11.5. The molecule has 0 spiro atoms. The summed E-state index contributed by atoms with van der Waals surface area (Å²) in [5.74, 6) is 0.977. The largest absolute Gasteiger partial charge is 0.368 e. The molecule has 0 fully saturated rings. The molecule has 0 bridgehead atoms. The molecule has 0 radical (unpaired) electrons. The summed E-state index contributed by atoms with van der Waals surface area (Å²) in [7, 11) is 1.95. The second-order valence-electron chi connectivity index (χ2n) is 3.82. The Morgan fingerprint density at radius 3 is 2.88 bits per heavy atom. The molecule has 2 aromatic rings. The van der Waals surface area contributed by atoms with Crippen LogP contribution in [0.15, 0.2) is 12.3 Å². The Bertz CT molecular complexity index is 457. The van der Waals surface area contributed by atoms with E-state index in [9.17, 15) is 0 Å². The molecule has 86 valence electrons. The number of aromatic nitrogens is 4. The van der Waals surface area contributed by atoms with Crippen LogP contribution < -0.4 is 10.6 Å². The van der Waals surface area contributed by atoms with Gasteiger partial charge in [0.2, 0.25) is 11.9 Å². The molecule has 2 aromatic heterocycles. The first-order chi connectivity index (χ1) is 7.66. The molecular weight excluding hydrogens is 204 g/mol. The Kier molecular flexibility index (Phi) is 2.80. The number of anilines is 2. The number of rotatable bonds is 4. The predicted octanol–water partition coefficient (Wildman–Crippen LogP) is 0.702. The summed E-state index contributed by atoms with van der Waals surface area (Å²) in [6, 6.07) is 2.09. The van der Waals surface area contributed by atoms with Crippen molar-refractivity contribution in [3.63, 3.8) is 0 Å². The van der Waals surface area contributed by atoms with E-state index in [1.807, 2.05) is 18.1 Å². The fourth-order valence-corrected chi connectivity index (χ4v) is 1.58. The minimum Gasteiger partial charge on any atom is -0.368 e. The van der Waals surface area contributed by atoms with Gasteiger partial charge in [0.25, 0.3) is 0 Å². The second kappa shape index (κ2) is 4.26. The molecule has 0 aliphatic heterocycles. The van der Waals surface area contributed by atoms with Crippen molar-refractivity contribution in [3.05, 3.63) is 23.5 Å². The maximum atomic E-state index is 5.47. The maximum absolute atomic E-state index is 5.47. The van der Waals surface area contributed by atoms with Gasteiger partial charge in [-0.3, -0.25) is 0 Å². The van der Waals surface area contributed by atoms with Crippen molar-refractivity contribution in [2.75, 3.05) is 24.2 Å². The van der Waals surface area contributed by atoms with Gasteiger partial charge in [-0.05, 0) is 25.0 Å². The molecular formula is C10H16N6. The highest BCUT2D eigenvalue weighted by atomic mass is 15.4. The standard InChI is InChI=1S/C10H16N6/c1-7-8(3-5-12-7)4-6-16(2)10-13-9(11)14-15-10/h3,5,12H,4,6H2,1-2H3,(H3,11,13,14,15). The molecule has 2 heterocycles. The molecule has 0 unspecified atom stereocenters. The number of hydrogen-bond acceptors (Lipinski definition) is 4. The van der Waals surface area contributed by atoms with Crippen molar-refractivity contribution in [3.8, 4) is 0 Å². The van der Waals surface area contributed by atoms with Gasteiger partial charge in [0.05, 0.1) is 0 Å². The van der Waals surface area contributed by atoms with Crippen LogP contribution in [0, 0.1) is 6.92 Å². The normalized spacial score (nSPS) is 10.6. The topological polar surface area (TPSA) is 86.6 Å². The summed E-state index contributed by atoms with van der Waals surface area (Å²) in [6.45, 7) is 2.93.